The second-order valence-corrected chi connectivity index (χ2v) is 5.68. The van der Waals surface area contributed by atoms with Crippen LogP contribution in [0.5, 0.6) is 5.75 Å². The molecule has 0 aliphatic rings. The molecule has 2 aromatic rings. The molecular formula is C18H16F3N3O5. The highest BCUT2D eigenvalue weighted by Crippen LogP contribution is 2.24. The minimum Gasteiger partial charge on any atom is -0.449 e. The summed E-state index contributed by atoms with van der Waals surface area (Å²) in [5, 5.41) is 4.70. The molecule has 4 N–H and O–H groups in total. The number of hydrogen-bond acceptors (Lipinski definition) is 5. The van der Waals surface area contributed by atoms with Gasteiger partial charge in [-0.25, -0.2) is 9.59 Å². The van der Waals surface area contributed by atoms with E-state index >= 15 is 0 Å². The number of primary amides is 1. The molecule has 0 aromatic heterocycles. The Morgan fingerprint density at radius 1 is 1.00 bits per heavy atom. The van der Waals surface area contributed by atoms with E-state index in [1.54, 1.807) is 0 Å². The Morgan fingerprint density at radius 2 is 1.66 bits per heavy atom. The molecule has 154 valence electrons. The predicted octanol–water partition coefficient (Wildman–Crippen LogP) is 3.26. The van der Waals surface area contributed by atoms with Crippen molar-refractivity contribution >= 4 is 29.3 Å². The third-order valence-corrected chi connectivity index (χ3v) is 3.37. The molecule has 0 bridgehead atoms. The van der Waals surface area contributed by atoms with Gasteiger partial charge in [0.05, 0.1) is 5.56 Å². The zero-order valence-corrected chi connectivity index (χ0v) is 14.9. The number of amides is 3. The molecule has 0 spiro atoms. The minimum atomic E-state index is -4.82. The van der Waals surface area contributed by atoms with Crippen LogP contribution >= 0.6 is 0 Å². The van der Waals surface area contributed by atoms with Gasteiger partial charge in [-0.3, -0.25) is 4.79 Å². The average Bonchev–Trinajstić information content (AvgIpc) is 2.61. The van der Waals surface area contributed by atoms with Crippen LogP contribution in [0, 0.1) is 0 Å². The fraction of sp³-hybridized carbons (Fsp3) is 0.167. The summed E-state index contributed by atoms with van der Waals surface area (Å²) < 4.78 is 45.2. The Bertz CT molecular complexity index is 900. The molecule has 2 rings (SSSR count). The van der Waals surface area contributed by atoms with Crippen molar-refractivity contribution in [2.24, 2.45) is 5.73 Å². The lowest BCUT2D eigenvalue weighted by Gasteiger charge is -2.14. The van der Waals surface area contributed by atoms with E-state index in [9.17, 15) is 27.6 Å². The van der Waals surface area contributed by atoms with Gasteiger partial charge in [0.2, 0.25) is 0 Å². The highest BCUT2D eigenvalue weighted by molar-refractivity contribution is 5.98. The molecule has 2 aromatic carbocycles. The Labute approximate surface area is 162 Å². The molecule has 0 aliphatic carbocycles. The maximum absolute atomic E-state index is 12.2. The van der Waals surface area contributed by atoms with E-state index in [1.807, 2.05) is 0 Å². The summed E-state index contributed by atoms with van der Waals surface area (Å²) in [5.41, 5.74) is 5.52. The molecular weight excluding hydrogens is 395 g/mol. The first kappa shape index (κ1) is 21.5. The topological polar surface area (TPSA) is 120 Å². The van der Waals surface area contributed by atoms with Crippen molar-refractivity contribution in [3.8, 4) is 5.75 Å². The van der Waals surface area contributed by atoms with Gasteiger partial charge in [0, 0.05) is 11.4 Å². The lowest BCUT2D eigenvalue weighted by Crippen LogP contribution is -2.30. The molecule has 1 atom stereocenters. The van der Waals surface area contributed by atoms with Crippen LogP contribution in [0.2, 0.25) is 0 Å². The van der Waals surface area contributed by atoms with E-state index in [2.05, 4.69) is 15.4 Å². The largest absolute Gasteiger partial charge is 0.573 e. The average molecular weight is 411 g/mol. The molecule has 0 fully saturated rings. The van der Waals surface area contributed by atoms with E-state index in [1.165, 1.54) is 43.3 Å². The van der Waals surface area contributed by atoms with Gasteiger partial charge in [0.15, 0.2) is 6.10 Å². The van der Waals surface area contributed by atoms with Crippen molar-refractivity contribution < 1.29 is 37.0 Å². The van der Waals surface area contributed by atoms with Crippen LogP contribution in [0.3, 0.4) is 0 Å². The number of halogens is 3. The van der Waals surface area contributed by atoms with E-state index in [-0.39, 0.29) is 16.9 Å². The number of urea groups is 1. The normalized spacial score (nSPS) is 11.9. The van der Waals surface area contributed by atoms with Crippen LogP contribution < -0.4 is 21.1 Å². The van der Waals surface area contributed by atoms with Crippen LogP contribution in [0.4, 0.5) is 29.3 Å². The maximum Gasteiger partial charge on any atom is 0.573 e. The Balaban J connectivity index is 1.95. The van der Waals surface area contributed by atoms with Crippen LogP contribution in [-0.4, -0.2) is 30.4 Å². The quantitative estimate of drug-likeness (QED) is 0.631. The second-order valence-electron chi connectivity index (χ2n) is 5.68. The number of nitrogens with one attached hydrogen (secondary N) is 2. The number of hydrogen-bond donors (Lipinski definition) is 3. The summed E-state index contributed by atoms with van der Waals surface area (Å²) >= 11 is 0. The highest BCUT2D eigenvalue weighted by Gasteiger charge is 2.31. The lowest BCUT2D eigenvalue weighted by atomic mass is 10.2. The van der Waals surface area contributed by atoms with E-state index in [0.717, 1.165) is 12.1 Å². The smallest absolute Gasteiger partial charge is 0.449 e. The SMILES string of the molecule is C[C@H](OC(=O)c1cccc(NC(N)=O)c1)C(=O)Nc1ccc(OC(F)(F)F)cc1. The number of esters is 1. The Kier molecular flexibility index (Phi) is 6.65. The molecule has 29 heavy (non-hydrogen) atoms. The number of alkyl halides is 3. The summed E-state index contributed by atoms with van der Waals surface area (Å²) in [5.74, 6) is -1.97. The van der Waals surface area contributed by atoms with Gasteiger partial charge < -0.3 is 25.8 Å². The Morgan fingerprint density at radius 3 is 2.24 bits per heavy atom. The third-order valence-electron chi connectivity index (χ3n) is 3.37. The summed E-state index contributed by atoms with van der Waals surface area (Å²) in [6.45, 7) is 1.32. The van der Waals surface area contributed by atoms with Crippen molar-refractivity contribution in [1.82, 2.24) is 0 Å². The molecule has 0 radical (unpaired) electrons. The predicted molar refractivity (Wildman–Crippen MR) is 96.3 cm³/mol. The highest BCUT2D eigenvalue weighted by atomic mass is 19.4. The molecule has 8 nitrogen and oxygen atoms in total. The second kappa shape index (κ2) is 8.95. The van der Waals surface area contributed by atoms with Gasteiger partial charge in [-0.2, -0.15) is 0 Å². The minimum absolute atomic E-state index is 0.0737. The number of anilines is 2. The van der Waals surface area contributed by atoms with Crippen molar-refractivity contribution in [3.63, 3.8) is 0 Å². The van der Waals surface area contributed by atoms with Crippen molar-refractivity contribution in [3.05, 3.63) is 54.1 Å². The van der Waals surface area contributed by atoms with Crippen LogP contribution in [0.15, 0.2) is 48.5 Å². The lowest BCUT2D eigenvalue weighted by molar-refractivity contribution is -0.274. The van der Waals surface area contributed by atoms with E-state index < -0.39 is 36.1 Å². The molecule has 0 unspecified atom stereocenters. The van der Waals surface area contributed by atoms with Gasteiger partial charge in [-0.1, -0.05) is 6.07 Å². The number of benzene rings is 2. The summed E-state index contributed by atoms with van der Waals surface area (Å²) in [6.07, 6.45) is -6.03. The molecule has 0 aliphatic heterocycles. The van der Waals surface area contributed by atoms with Crippen molar-refractivity contribution in [2.45, 2.75) is 19.4 Å². The first-order valence-electron chi connectivity index (χ1n) is 8.07. The number of carbonyl (C=O) groups is 3. The summed E-state index contributed by atoms with van der Waals surface area (Å²) in [4.78, 5) is 35.1. The fourth-order valence-corrected chi connectivity index (χ4v) is 2.13. The van der Waals surface area contributed by atoms with Crippen LogP contribution in [0.25, 0.3) is 0 Å². The maximum atomic E-state index is 12.2. The van der Waals surface area contributed by atoms with E-state index in [0.29, 0.717) is 0 Å². The first-order chi connectivity index (χ1) is 13.5. The van der Waals surface area contributed by atoms with Gasteiger partial charge >= 0.3 is 18.4 Å². The molecule has 3 amide bonds. The number of carbonyl (C=O) groups excluding carboxylic acids is 3. The third kappa shape index (κ3) is 7.05. The fourth-order valence-electron chi connectivity index (χ4n) is 2.13. The zero-order chi connectivity index (χ0) is 21.6. The molecule has 11 heteroatoms. The molecule has 0 saturated heterocycles. The zero-order valence-electron chi connectivity index (χ0n) is 14.9. The summed E-state index contributed by atoms with van der Waals surface area (Å²) in [6, 6.07) is 9.36. The van der Waals surface area contributed by atoms with Crippen LogP contribution in [0.1, 0.15) is 17.3 Å². The molecule has 0 saturated carbocycles. The number of ether oxygens (including phenoxy) is 2. The van der Waals surface area contributed by atoms with Crippen LogP contribution in [-0.2, 0) is 9.53 Å². The first-order valence-corrected chi connectivity index (χ1v) is 8.07. The van der Waals surface area contributed by atoms with Crippen molar-refractivity contribution in [1.29, 1.82) is 0 Å². The van der Waals surface area contributed by atoms with Gasteiger partial charge in [-0.05, 0) is 49.4 Å². The molecule has 0 heterocycles. The summed E-state index contributed by atoms with van der Waals surface area (Å²) in [7, 11) is 0. The van der Waals surface area contributed by atoms with Gasteiger partial charge in [0.25, 0.3) is 5.91 Å². The number of nitrogens with two attached hydrogens (primary N) is 1. The van der Waals surface area contributed by atoms with Gasteiger partial charge in [0.1, 0.15) is 5.75 Å². The monoisotopic (exact) mass is 411 g/mol. The van der Waals surface area contributed by atoms with Gasteiger partial charge in [-0.15, -0.1) is 13.2 Å². The standard InChI is InChI=1S/C18H16F3N3O5/c1-10(28-16(26)11-3-2-4-13(9-11)24-17(22)27)15(25)23-12-5-7-14(8-6-12)29-18(19,20)21/h2-10H,1H3,(H,23,25)(H3,22,24,27)/t10-/m0/s1. The van der Waals surface area contributed by atoms with Crippen molar-refractivity contribution in [2.75, 3.05) is 10.6 Å². The Hall–Kier alpha value is -3.76. The number of rotatable bonds is 6. The van der Waals surface area contributed by atoms with E-state index in [4.69, 9.17) is 10.5 Å².